The molecule has 0 aliphatic rings. The average molecular weight is 342 g/mol. The van der Waals surface area contributed by atoms with Crippen LogP contribution < -0.4 is 24.8 Å². The first kappa shape index (κ1) is 21.6. The van der Waals surface area contributed by atoms with Gasteiger partial charge in [0.15, 0.2) is 0 Å². The molecular formula is C8H20Cl2O4Zr. The van der Waals surface area contributed by atoms with Gasteiger partial charge in [0.1, 0.15) is 0 Å². The van der Waals surface area contributed by atoms with Crippen molar-refractivity contribution in [3.63, 3.8) is 0 Å². The fraction of sp³-hybridized carbons (Fsp3) is 1.00. The van der Waals surface area contributed by atoms with Gasteiger partial charge in [-0.1, -0.05) is 0 Å². The average Bonchev–Trinajstić information content (AvgIpc) is 2.06. The van der Waals surface area contributed by atoms with Crippen molar-refractivity contribution in [3.8, 4) is 0 Å². The number of hydrogen-bond donors (Lipinski definition) is 0. The van der Waals surface area contributed by atoms with Gasteiger partial charge in [0.25, 0.3) is 0 Å². The normalized spacial score (nSPS) is 9.33. The van der Waals surface area contributed by atoms with E-state index in [1.807, 2.05) is 27.7 Å². The van der Waals surface area contributed by atoms with E-state index in [2.05, 4.69) is 0 Å². The monoisotopic (exact) mass is 340 g/mol. The summed E-state index contributed by atoms with van der Waals surface area (Å²) in [6.45, 7) is 10.00. The predicted molar refractivity (Wildman–Crippen MR) is 46.5 cm³/mol. The molecule has 4 nitrogen and oxygen atoms in total. The zero-order valence-corrected chi connectivity index (χ0v) is 13.7. The maximum absolute atomic E-state index is 5.49. The third kappa shape index (κ3) is 9.05. The smallest absolute Gasteiger partial charge is 1.00 e. The molecule has 0 bridgehead atoms. The molecule has 15 heavy (non-hydrogen) atoms. The zero-order valence-electron chi connectivity index (χ0n) is 9.72. The molecule has 0 aromatic rings. The van der Waals surface area contributed by atoms with E-state index < -0.39 is 22.0 Å². The molecule has 0 radical (unpaired) electrons. The zero-order chi connectivity index (χ0) is 10.2. The molecule has 0 aromatic carbocycles. The molecule has 0 saturated heterocycles. The third-order valence-corrected chi connectivity index (χ3v) is 7.60. The molecule has 0 aromatic heterocycles. The largest absolute Gasteiger partial charge is 1.00 e. The second kappa shape index (κ2) is 13.4. The van der Waals surface area contributed by atoms with Crippen molar-refractivity contribution >= 4 is 0 Å². The van der Waals surface area contributed by atoms with E-state index in [4.69, 9.17) is 11.3 Å². The molecule has 0 aliphatic carbocycles. The Morgan fingerprint density at radius 2 is 0.800 bits per heavy atom. The Morgan fingerprint density at radius 1 is 0.600 bits per heavy atom. The second-order valence-electron chi connectivity index (χ2n) is 2.23. The van der Waals surface area contributed by atoms with E-state index in [0.717, 1.165) is 0 Å². The Bertz CT molecular complexity index is 99.7. The molecule has 0 atom stereocenters. The number of halogens is 2. The van der Waals surface area contributed by atoms with Crippen molar-refractivity contribution < 1.29 is 58.1 Å². The Kier molecular flexibility index (Phi) is 19.2. The first-order valence-corrected chi connectivity index (χ1v) is 8.81. The van der Waals surface area contributed by atoms with Gasteiger partial charge in [0, 0.05) is 0 Å². The SMILES string of the molecule is CC[O][Zr+2]([O]CC)([O]CC)[O]CC.[Cl-].[Cl-]. The summed E-state index contributed by atoms with van der Waals surface area (Å²) in [5.74, 6) is 0. The molecule has 0 unspecified atom stereocenters. The number of hydrogen-bond acceptors (Lipinski definition) is 4. The van der Waals surface area contributed by atoms with Gasteiger partial charge in [-0.15, -0.1) is 0 Å². The van der Waals surface area contributed by atoms with E-state index in [0.29, 0.717) is 26.4 Å². The summed E-state index contributed by atoms with van der Waals surface area (Å²) in [4.78, 5) is 0. The summed E-state index contributed by atoms with van der Waals surface area (Å²) >= 11 is -3.56. The van der Waals surface area contributed by atoms with E-state index in [1.165, 1.54) is 0 Å². The van der Waals surface area contributed by atoms with Crippen molar-refractivity contribution in [3.05, 3.63) is 0 Å². The van der Waals surface area contributed by atoms with E-state index >= 15 is 0 Å². The van der Waals surface area contributed by atoms with Crippen LogP contribution in [-0.4, -0.2) is 26.4 Å². The molecule has 0 saturated carbocycles. The fourth-order valence-corrected chi connectivity index (χ4v) is 5.66. The van der Waals surface area contributed by atoms with Crippen LogP contribution in [0.25, 0.3) is 0 Å². The Morgan fingerprint density at radius 3 is 0.933 bits per heavy atom. The molecule has 0 spiro atoms. The fourth-order valence-electron chi connectivity index (χ4n) is 0.957. The molecule has 94 valence electrons. The maximum Gasteiger partial charge on any atom is -1.00 e. The molecule has 0 amide bonds. The summed E-state index contributed by atoms with van der Waals surface area (Å²) in [6, 6.07) is 0. The Labute approximate surface area is 112 Å². The standard InChI is InChI=1S/4C2H5O.2ClH.Zr/c4*1-2-3;;;/h4*2H2,1H3;2*1H;/q4*-1;;;+6/p-2. The van der Waals surface area contributed by atoms with E-state index in [9.17, 15) is 0 Å². The topological polar surface area (TPSA) is 36.9 Å². The summed E-state index contributed by atoms with van der Waals surface area (Å²) in [5.41, 5.74) is 0. The van der Waals surface area contributed by atoms with E-state index in [1.54, 1.807) is 0 Å². The van der Waals surface area contributed by atoms with Gasteiger partial charge in [0.05, 0.1) is 0 Å². The van der Waals surface area contributed by atoms with Crippen LogP contribution >= 0.6 is 0 Å². The van der Waals surface area contributed by atoms with Gasteiger partial charge < -0.3 is 24.8 Å². The summed E-state index contributed by atoms with van der Waals surface area (Å²) in [6.07, 6.45) is 0. The van der Waals surface area contributed by atoms with Crippen LogP contribution in [0, 0.1) is 0 Å². The minimum absolute atomic E-state index is 0. The minimum atomic E-state index is -3.56. The number of rotatable bonds is 8. The molecule has 0 N–H and O–H groups in total. The molecular weight excluding hydrogens is 322 g/mol. The van der Waals surface area contributed by atoms with Crippen LogP contribution in [0.1, 0.15) is 27.7 Å². The van der Waals surface area contributed by atoms with Gasteiger partial charge in [0.2, 0.25) is 0 Å². The van der Waals surface area contributed by atoms with Crippen LogP contribution in [0.15, 0.2) is 0 Å². The first-order chi connectivity index (χ1) is 6.24. The molecule has 0 heterocycles. The van der Waals surface area contributed by atoms with Crippen LogP contribution in [0.3, 0.4) is 0 Å². The van der Waals surface area contributed by atoms with Crippen molar-refractivity contribution in [1.29, 1.82) is 0 Å². The van der Waals surface area contributed by atoms with Crippen LogP contribution in [0.2, 0.25) is 0 Å². The Balaban J connectivity index is -0.000000720. The summed E-state index contributed by atoms with van der Waals surface area (Å²) < 4.78 is 22.0. The molecule has 0 aliphatic heterocycles. The quantitative estimate of drug-likeness (QED) is 0.450. The summed E-state index contributed by atoms with van der Waals surface area (Å²) in [7, 11) is 0. The maximum atomic E-state index is 5.49. The van der Waals surface area contributed by atoms with Gasteiger partial charge in [-0.3, -0.25) is 0 Å². The van der Waals surface area contributed by atoms with Gasteiger partial charge >= 0.3 is 87.4 Å². The minimum Gasteiger partial charge on any atom is -1.00 e. The van der Waals surface area contributed by atoms with Crippen molar-refractivity contribution in [2.75, 3.05) is 26.4 Å². The molecule has 0 rings (SSSR count). The third-order valence-electron chi connectivity index (χ3n) is 1.28. The first-order valence-electron chi connectivity index (χ1n) is 4.80. The summed E-state index contributed by atoms with van der Waals surface area (Å²) in [5, 5.41) is 0. The van der Waals surface area contributed by atoms with Gasteiger partial charge in [-0.25, -0.2) is 0 Å². The predicted octanol–water partition coefficient (Wildman–Crippen LogP) is -4.05. The van der Waals surface area contributed by atoms with Crippen molar-refractivity contribution in [1.82, 2.24) is 0 Å². The van der Waals surface area contributed by atoms with Gasteiger partial charge in [-0.2, -0.15) is 0 Å². The van der Waals surface area contributed by atoms with Crippen molar-refractivity contribution in [2.24, 2.45) is 0 Å². The molecule has 0 fully saturated rings. The van der Waals surface area contributed by atoms with E-state index in [-0.39, 0.29) is 24.8 Å². The second-order valence-corrected chi connectivity index (χ2v) is 7.53. The molecule has 7 heteroatoms. The van der Waals surface area contributed by atoms with Crippen LogP contribution in [0.4, 0.5) is 0 Å². The van der Waals surface area contributed by atoms with Crippen LogP contribution in [0.5, 0.6) is 0 Å². The van der Waals surface area contributed by atoms with Crippen LogP contribution in [-0.2, 0) is 33.3 Å². The van der Waals surface area contributed by atoms with Gasteiger partial charge in [-0.05, 0) is 0 Å². The van der Waals surface area contributed by atoms with Crippen molar-refractivity contribution in [2.45, 2.75) is 27.7 Å². The Hall–Kier alpha value is 1.30.